The van der Waals surface area contributed by atoms with E-state index in [-0.39, 0.29) is 21.9 Å². The van der Waals surface area contributed by atoms with Gasteiger partial charge in [0.2, 0.25) is 0 Å². The Labute approximate surface area is 163 Å². The zero-order valence-electron chi connectivity index (χ0n) is 15.6. The number of carboxylic acid groups (broad SMARTS) is 1. The smallest absolute Gasteiger partial charge is 0.337 e. The van der Waals surface area contributed by atoms with E-state index in [4.69, 9.17) is 9.47 Å². The van der Waals surface area contributed by atoms with Crippen LogP contribution in [-0.2, 0) is 10.0 Å². The molecule has 9 heteroatoms. The van der Waals surface area contributed by atoms with Gasteiger partial charge in [-0.05, 0) is 43.2 Å². The molecule has 0 atom stereocenters. The molecule has 1 heterocycles. The number of nitrogens with one attached hydrogen (secondary N) is 1. The molecule has 1 fully saturated rings. The summed E-state index contributed by atoms with van der Waals surface area (Å²) < 4.78 is 38.4. The van der Waals surface area contributed by atoms with Gasteiger partial charge in [0.25, 0.3) is 10.0 Å². The molecule has 2 aromatic carbocycles. The van der Waals surface area contributed by atoms with Gasteiger partial charge in [0.15, 0.2) is 0 Å². The van der Waals surface area contributed by atoms with Crippen LogP contribution in [0.4, 0.5) is 11.4 Å². The maximum Gasteiger partial charge on any atom is 0.337 e. The minimum atomic E-state index is -4.11. The summed E-state index contributed by atoms with van der Waals surface area (Å²) in [6.07, 6.45) is 2.10. The lowest BCUT2D eigenvalue weighted by Crippen LogP contribution is -2.20. The van der Waals surface area contributed by atoms with Crippen molar-refractivity contribution in [2.45, 2.75) is 17.7 Å². The van der Waals surface area contributed by atoms with E-state index in [0.717, 1.165) is 31.6 Å². The molecule has 1 aliphatic rings. The molecule has 0 unspecified atom stereocenters. The van der Waals surface area contributed by atoms with Gasteiger partial charge in [0, 0.05) is 24.8 Å². The molecule has 0 aromatic heterocycles. The lowest BCUT2D eigenvalue weighted by molar-refractivity contribution is 0.0698. The third-order valence-electron chi connectivity index (χ3n) is 4.61. The summed E-state index contributed by atoms with van der Waals surface area (Å²) >= 11 is 0. The number of ether oxygens (including phenoxy) is 2. The Bertz CT molecular complexity index is 984. The van der Waals surface area contributed by atoms with E-state index < -0.39 is 16.0 Å². The highest BCUT2D eigenvalue weighted by Crippen LogP contribution is 2.32. The molecule has 150 valence electrons. The van der Waals surface area contributed by atoms with Crippen LogP contribution < -0.4 is 19.1 Å². The highest BCUT2D eigenvalue weighted by molar-refractivity contribution is 7.92. The molecule has 0 amide bonds. The molecule has 2 N–H and O–H groups in total. The molecule has 0 spiro atoms. The summed E-state index contributed by atoms with van der Waals surface area (Å²) in [5, 5.41) is 9.59. The Morgan fingerprint density at radius 1 is 1.07 bits per heavy atom. The van der Waals surface area contributed by atoms with Gasteiger partial charge in [0.05, 0.1) is 25.5 Å². The molecular weight excluding hydrogens is 384 g/mol. The number of carbonyl (C=O) groups is 1. The third kappa shape index (κ3) is 3.99. The molecule has 3 rings (SSSR count). The molecule has 1 aliphatic heterocycles. The Morgan fingerprint density at radius 3 is 2.39 bits per heavy atom. The van der Waals surface area contributed by atoms with E-state index >= 15 is 0 Å². The number of hydrogen-bond donors (Lipinski definition) is 2. The number of aromatic carboxylic acids is 1. The number of hydrogen-bond acceptors (Lipinski definition) is 6. The Hall–Kier alpha value is -2.94. The largest absolute Gasteiger partial charge is 0.497 e. The van der Waals surface area contributed by atoms with E-state index in [1.807, 2.05) is 0 Å². The minimum absolute atomic E-state index is 0.0136. The molecule has 28 heavy (non-hydrogen) atoms. The van der Waals surface area contributed by atoms with E-state index in [1.54, 1.807) is 12.1 Å². The predicted molar refractivity (Wildman–Crippen MR) is 105 cm³/mol. The second kappa shape index (κ2) is 7.97. The lowest BCUT2D eigenvalue weighted by Gasteiger charge is -2.20. The van der Waals surface area contributed by atoms with Crippen molar-refractivity contribution in [1.29, 1.82) is 0 Å². The number of methoxy groups -OCH3 is 2. The predicted octanol–water partition coefficient (Wildman–Crippen LogP) is 2.80. The average Bonchev–Trinajstić information content (AvgIpc) is 3.22. The third-order valence-corrected chi connectivity index (χ3v) is 6.00. The number of rotatable bonds is 7. The van der Waals surface area contributed by atoms with Gasteiger partial charge in [-0.2, -0.15) is 0 Å². The summed E-state index contributed by atoms with van der Waals surface area (Å²) in [5.74, 6) is -0.751. The summed E-state index contributed by atoms with van der Waals surface area (Å²) in [5.41, 5.74) is 0.631. The van der Waals surface area contributed by atoms with Crippen molar-refractivity contribution in [3.8, 4) is 11.5 Å². The van der Waals surface area contributed by atoms with Crippen LogP contribution in [0.15, 0.2) is 41.3 Å². The highest BCUT2D eigenvalue weighted by atomic mass is 32.2. The normalized spacial score (nSPS) is 14.0. The van der Waals surface area contributed by atoms with Crippen LogP contribution in [0, 0.1) is 0 Å². The topological polar surface area (TPSA) is 105 Å². The minimum Gasteiger partial charge on any atom is -0.497 e. The van der Waals surface area contributed by atoms with Crippen molar-refractivity contribution in [2.24, 2.45) is 0 Å². The van der Waals surface area contributed by atoms with E-state index in [1.165, 1.54) is 38.5 Å². The summed E-state index contributed by atoms with van der Waals surface area (Å²) in [7, 11) is -1.33. The second-order valence-electron chi connectivity index (χ2n) is 6.35. The van der Waals surface area contributed by atoms with Gasteiger partial charge in [-0.3, -0.25) is 4.72 Å². The second-order valence-corrected chi connectivity index (χ2v) is 8.00. The molecule has 8 nitrogen and oxygen atoms in total. The van der Waals surface area contributed by atoms with Crippen molar-refractivity contribution < 1.29 is 27.8 Å². The number of nitrogens with zero attached hydrogens (tertiary/aromatic N) is 1. The molecule has 0 bridgehead atoms. The highest BCUT2D eigenvalue weighted by Gasteiger charge is 2.24. The first-order valence-electron chi connectivity index (χ1n) is 8.73. The van der Waals surface area contributed by atoms with Crippen molar-refractivity contribution in [3.05, 3.63) is 42.0 Å². The van der Waals surface area contributed by atoms with E-state index in [9.17, 15) is 18.3 Å². The number of carboxylic acids is 1. The molecule has 0 radical (unpaired) electrons. The fraction of sp³-hybridized carbons (Fsp3) is 0.316. The standard InChI is InChI=1S/C19H22N2O6S/c1-26-14-6-8-17(27-2)18(12-14)28(24,25)20-16-7-5-13(11-15(16)19(22)23)21-9-3-4-10-21/h5-8,11-12,20H,3-4,9-10H2,1-2H3,(H,22,23). The van der Waals surface area contributed by atoms with Gasteiger partial charge in [-0.1, -0.05) is 0 Å². The van der Waals surface area contributed by atoms with Crippen molar-refractivity contribution in [1.82, 2.24) is 0 Å². The van der Waals surface area contributed by atoms with Crippen LogP contribution in [0.5, 0.6) is 11.5 Å². The number of benzene rings is 2. The summed E-state index contributed by atoms with van der Waals surface area (Å²) in [6.45, 7) is 1.70. The van der Waals surface area contributed by atoms with Crippen LogP contribution >= 0.6 is 0 Å². The Balaban J connectivity index is 1.99. The average molecular weight is 406 g/mol. The summed E-state index contributed by atoms with van der Waals surface area (Å²) in [4.78, 5) is 13.7. The van der Waals surface area contributed by atoms with Crippen LogP contribution in [0.1, 0.15) is 23.2 Å². The number of sulfonamides is 1. The molecular formula is C19H22N2O6S. The monoisotopic (exact) mass is 406 g/mol. The first-order chi connectivity index (χ1) is 13.4. The quantitative estimate of drug-likeness (QED) is 0.728. The number of anilines is 2. The van der Waals surface area contributed by atoms with Crippen molar-refractivity contribution in [3.63, 3.8) is 0 Å². The van der Waals surface area contributed by atoms with Crippen LogP contribution in [0.3, 0.4) is 0 Å². The van der Waals surface area contributed by atoms with Gasteiger partial charge in [-0.15, -0.1) is 0 Å². The Morgan fingerprint density at radius 2 is 1.79 bits per heavy atom. The van der Waals surface area contributed by atoms with E-state index in [0.29, 0.717) is 5.75 Å². The Kier molecular flexibility index (Phi) is 5.64. The molecule has 0 aliphatic carbocycles. The summed E-state index contributed by atoms with van der Waals surface area (Å²) in [6, 6.07) is 9.06. The first kappa shape index (κ1) is 19.8. The van der Waals surface area contributed by atoms with Gasteiger partial charge in [-0.25, -0.2) is 13.2 Å². The molecule has 0 saturated carbocycles. The maximum absolute atomic E-state index is 12.9. The van der Waals surface area contributed by atoms with Gasteiger partial charge in [0.1, 0.15) is 16.4 Å². The van der Waals surface area contributed by atoms with Crippen LogP contribution in [-0.4, -0.2) is 46.8 Å². The fourth-order valence-corrected chi connectivity index (χ4v) is 4.43. The van der Waals surface area contributed by atoms with Crippen molar-refractivity contribution >= 4 is 27.4 Å². The zero-order valence-corrected chi connectivity index (χ0v) is 16.5. The maximum atomic E-state index is 12.9. The van der Waals surface area contributed by atoms with Gasteiger partial charge >= 0.3 is 5.97 Å². The van der Waals surface area contributed by atoms with Crippen molar-refractivity contribution in [2.75, 3.05) is 36.9 Å². The van der Waals surface area contributed by atoms with Crippen LogP contribution in [0.2, 0.25) is 0 Å². The lowest BCUT2D eigenvalue weighted by atomic mass is 10.1. The molecule has 2 aromatic rings. The van der Waals surface area contributed by atoms with E-state index in [2.05, 4.69) is 9.62 Å². The SMILES string of the molecule is COc1ccc(OC)c(S(=O)(=O)Nc2ccc(N3CCCC3)cc2C(=O)O)c1. The zero-order chi connectivity index (χ0) is 20.3. The van der Waals surface area contributed by atoms with Gasteiger partial charge < -0.3 is 19.5 Å². The fourth-order valence-electron chi connectivity index (χ4n) is 3.16. The first-order valence-corrected chi connectivity index (χ1v) is 10.2. The molecule has 1 saturated heterocycles. The van der Waals surface area contributed by atoms with Crippen LogP contribution in [0.25, 0.3) is 0 Å².